The van der Waals surface area contributed by atoms with Crippen molar-refractivity contribution in [2.75, 3.05) is 6.61 Å². The second-order valence-electron chi connectivity index (χ2n) is 20.9. The van der Waals surface area contributed by atoms with Crippen molar-refractivity contribution in [1.29, 1.82) is 0 Å². The summed E-state index contributed by atoms with van der Waals surface area (Å²) in [5.74, 6) is -0.303. The minimum absolute atomic E-state index is 0.243. The van der Waals surface area contributed by atoms with Gasteiger partial charge >= 0.3 is 7.82 Å². The maximum atomic E-state index is 13.0. The van der Waals surface area contributed by atoms with E-state index in [2.05, 4.69) is 19.2 Å². The maximum absolute atomic E-state index is 13.0. The standard InChI is InChI=1S/C55H110NO11P/c1-3-5-7-9-11-13-15-16-17-18-19-20-21-22-23-24-25-26-27-28-29-30-31-32-33-34-35-37-39-41-43-45-49(58)56-47(48(57)44-42-40-38-36-14-12-10-8-6-4-2)46-66-68(64,65)67-55-53(62)51(60)50(59)52(61)54(55)63/h47-48,50-55,57,59-63H,3-46H2,1-2H3,(H,56,58)(H,64,65)/t47-,48+,50?,51+,52?,53?,54?,55?/m0/s1. The Kier molecular flexibility index (Phi) is 43.2. The van der Waals surface area contributed by atoms with Gasteiger partial charge in [-0.1, -0.05) is 271 Å². The lowest BCUT2D eigenvalue weighted by Gasteiger charge is -2.41. The number of nitrogens with one attached hydrogen (secondary N) is 1. The summed E-state index contributed by atoms with van der Waals surface area (Å²) >= 11 is 0. The van der Waals surface area contributed by atoms with E-state index in [1.165, 1.54) is 212 Å². The molecule has 0 saturated heterocycles. The highest BCUT2D eigenvalue weighted by Crippen LogP contribution is 2.47. The number of hydrogen-bond donors (Lipinski definition) is 8. The second-order valence-corrected chi connectivity index (χ2v) is 22.3. The lowest BCUT2D eigenvalue weighted by Crippen LogP contribution is -2.64. The van der Waals surface area contributed by atoms with Crippen molar-refractivity contribution < 1.29 is 53.9 Å². The summed E-state index contributed by atoms with van der Waals surface area (Å²) in [5, 5.41) is 64.2. The van der Waals surface area contributed by atoms with E-state index in [9.17, 15) is 44.9 Å². The van der Waals surface area contributed by atoms with Crippen LogP contribution in [0.1, 0.15) is 290 Å². The molecule has 0 aromatic rings. The van der Waals surface area contributed by atoms with Crippen LogP contribution in [0.15, 0.2) is 0 Å². The molecule has 1 aliphatic carbocycles. The molecule has 0 heterocycles. The highest BCUT2D eigenvalue weighted by atomic mass is 31.2. The molecule has 1 fully saturated rings. The zero-order chi connectivity index (χ0) is 49.9. The Balaban J connectivity index is 2.16. The minimum atomic E-state index is -5.05. The number of hydrogen-bond acceptors (Lipinski definition) is 10. The third-order valence-corrected chi connectivity index (χ3v) is 15.4. The van der Waals surface area contributed by atoms with Crippen molar-refractivity contribution in [3.05, 3.63) is 0 Å². The molecule has 0 aromatic carbocycles. The van der Waals surface area contributed by atoms with Crippen LogP contribution in [0.3, 0.4) is 0 Å². The lowest BCUT2D eigenvalue weighted by molar-refractivity contribution is -0.220. The fraction of sp³-hybridized carbons (Fsp3) is 0.982. The van der Waals surface area contributed by atoms with E-state index >= 15 is 0 Å². The van der Waals surface area contributed by atoms with E-state index in [1.54, 1.807) is 0 Å². The average molecular weight is 992 g/mol. The number of amides is 1. The summed E-state index contributed by atoms with van der Waals surface area (Å²) in [6, 6.07) is -1.03. The van der Waals surface area contributed by atoms with Gasteiger partial charge in [0.05, 0.1) is 18.8 Å². The molecule has 0 radical (unpaired) electrons. The molecule has 0 aliphatic heterocycles. The first-order chi connectivity index (χ1) is 32.9. The molecule has 1 aliphatic rings. The quantitative estimate of drug-likeness (QED) is 0.0213. The number of carbonyl (C=O) groups excluding carboxylic acids is 1. The van der Waals surface area contributed by atoms with E-state index in [0.29, 0.717) is 19.3 Å². The molecule has 8 N–H and O–H groups in total. The fourth-order valence-corrected chi connectivity index (χ4v) is 10.7. The Bertz CT molecular complexity index is 1150. The van der Waals surface area contributed by atoms with Crippen LogP contribution in [0.5, 0.6) is 0 Å². The van der Waals surface area contributed by atoms with Crippen LogP contribution >= 0.6 is 7.82 Å². The highest BCUT2D eigenvalue weighted by Gasteiger charge is 2.51. The summed E-state index contributed by atoms with van der Waals surface area (Å²) in [7, 11) is -5.05. The molecule has 406 valence electrons. The number of rotatable bonds is 50. The van der Waals surface area contributed by atoms with Crippen LogP contribution in [0.2, 0.25) is 0 Å². The Morgan fingerprint density at radius 2 is 0.706 bits per heavy atom. The van der Waals surface area contributed by atoms with Gasteiger partial charge in [0.15, 0.2) is 0 Å². The smallest absolute Gasteiger partial charge is 0.391 e. The van der Waals surface area contributed by atoms with Gasteiger partial charge in [0.2, 0.25) is 5.91 Å². The fourth-order valence-electron chi connectivity index (χ4n) is 9.74. The van der Waals surface area contributed by atoms with E-state index in [1.807, 2.05) is 0 Å². The first-order valence-electron chi connectivity index (χ1n) is 29.0. The van der Waals surface area contributed by atoms with E-state index in [4.69, 9.17) is 9.05 Å². The van der Waals surface area contributed by atoms with Gasteiger partial charge in [-0.15, -0.1) is 0 Å². The van der Waals surface area contributed by atoms with Crippen LogP contribution < -0.4 is 5.32 Å². The minimum Gasteiger partial charge on any atom is -0.391 e. The third-order valence-electron chi connectivity index (χ3n) is 14.4. The summed E-state index contributed by atoms with van der Waals surface area (Å²) in [4.78, 5) is 23.5. The van der Waals surface area contributed by atoms with Gasteiger partial charge in [0.25, 0.3) is 0 Å². The number of aliphatic hydroxyl groups is 6. The first kappa shape index (κ1) is 65.4. The van der Waals surface area contributed by atoms with Crippen molar-refractivity contribution in [1.82, 2.24) is 5.32 Å². The Morgan fingerprint density at radius 1 is 0.441 bits per heavy atom. The van der Waals surface area contributed by atoms with Crippen molar-refractivity contribution in [2.24, 2.45) is 0 Å². The summed E-state index contributed by atoms with van der Waals surface area (Å²) < 4.78 is 23.0. The number of carbonyl (C=O) groups is 1. The Morgan fingerprint density at radius 3 is 1.01 bits per heavy atom. The summed E-state index contributed by atoms with van der Waals surface area (Å²) in [6.45, 7) is 3.90. The monoisotopic (exact) mass is 992 g/mol. The molecule has 13 heteroatoms. The predicted molar refractivity (Wildman–Crippen MR) is 279 cm³/mol. The van der Waals surface area contributed by atoms with Crippen LogP contribution in [-0.4, -0.2) is 96.8 Å². The zero-order valence-electron chi connectivity index (χ0n) is 43.9. The molecule has 1 rings (SSSR count). The van der Waals surface area contributed by atoms with Crippen LogP contribution in [0, 0.1) is 0 Å². The second kappa shape index (κ2) is 45.0. The average Bonchev–Trinajstić information content (AvgIpc) is 3.32. The molecule has 68 heavy (non-hydrogen) atoms. The number of phosphoric ester groups is 1. The zero-order valence-corrected chi connectivity index (χ0v) is 44.8. The number of phosphoric acid groups is 1. The molecule has 0 aromatic heterocycles. The van der Waals surface area contributed by atoms with Gasteiger partial charge in [-0.05, 0) is 12.8 Å². The number of aliphatic hydroxyl groups excluding tert-OH is 6. The van der Waals surface area contributed by atoms with Gasteiger partial charge in [-0.2, -0.15) is 0 Å². The van der Waals surface area contributed by atoms with Crippen LogP contribution in [0.4, 0.5) is 0 Å². The number of unbranched alkanes of at least 4 members (excludes halogenated alkanes) is 39. The molecule has 6 unspecified atom stereocenters. The van der Waals surface area contributed by atoms with Gasteiger partial charge in [-0.25, -0.2) is 4.57 Å². The van der Waals surface area contributed by atoms with Crippen molar-refractivity contribution in [2.45, 2.75) is 339 Å². The molecule has 0 spiro atoms. The van der Waals surface area contributed by atoms with Crippen molar-refractivity contribution in [3.8, 4) is 0 Å². The molecule has 0 bridgehead atoms. The SMILES string of the molecule is CCCCCCCCCCCCCCCCCCCCCCCCCCCCCCCCCC(=O)N[C@@H](COP(=O)(O)OC1C(O)C(O)C(O)[C@@H](O)C1O)[C@H](O)CCCCCCCCCCCC. The molecular formula is C55H110NO11P. The van der Waals surface area contributed by atoms with Crippen LogP contribution in [-0.2, 0) is 18.4 Å². The normalized spacial score (nSPS) is 21.5. The van der Waals surface area contributed by atoms with E-state index in [0.717, 1.165) is 38.5 Å². The van der Waals surface area contributed by atoms with E-state index < -0.39 is 63.2 Å². The summed E-state index contributed by atoms with van der Waals surface area (Å²) in [5.41, 5.74) is 0. The van der Waals surface area contributed by atoms with Crippen molar-refractivity contribution in [3.63, 3.8) is 0 Å². The molecule has 1 amide bonds. The van der Waals surface area contributed by atoms with Gasteiger partial charge in [-0.3, -0.25) is 13.8 Å². The lowest BCUT2D eigenvalue weighted by atomic mass is 9.85. The molecular weight excluding hydrogens is 882 g/mol. The molecule has 9 atom stereocenters. The topological polar surface area (TPSA) is 206 Å². The largest absolute Gasteiger partial charge is 0.472 e. The van der Waals surface area contributed by atoms with Crippen LogP contribution in [0.25, 0.3) is 0 Å². The van der Waals surface area contributed by atoms with Gasteiger partial charge in [0, 0.05) is 6.42 Å². The molecule has 1 saturated carbocycles. The van der Waals surface area contributed by atoms with Gasteiger partial charge in [0.1, 0.15) is 36.6 Å². The van der Waals surface area contributed by atoms with E-state index in [-0.39, 0.29) is 12.3 Å². The Labute approximate surface area is 416 Å². The van der Waals surface area contributed by atoms with Gasteiger partial charge < -0.3 is 40.8 Å². The first-order valence-corrected chi connectivity index (χ1v) is 30.5. The highest BCUT2D eigenvalue weighted by molar-refractivity contribution is 7.47. The Hall–Kier alpha value is -0.660. The predicted octanol–water partition coefficient (Wildman–Crippen LogP) is 13.0. The maximum Gasteiger partial charge on any atom is 0.472 e. The van der Waals surface area contributed by atoms with Crippen molar-refractivity contribution >= 4 is 13.7 Å². The molecule has 12 nitrogen and oxygen atoms in total. The third kappa shape index (κ3) is 35.5. The summed E-state index contributed by atoms with van der Waals surface area (Å²) in [6.07, 6.45) is 40.4.